The highest BCUT2D eigenvalue weighted by atomic mass is 16.7. The summed E-state index contributed by atoms with van der Waals surface area (Å²) >= 11 is 0. The molecule has 24 heavy (non-hydrogen) atoms. The maximum Gasteiger partial charge on any atom is 0.350 e. The van der Waals surface area contributed by atoms with E-state index in [1.165, 1.54) is 13.8 Å². The molecule has 0 spiro atoms. The number of ether oxygens (including phenoxy) is 2. The van der Waals surface area contributed by atoms with Gasteiger partial charge in [0.1, 0.15) is 0 Å². The minimum Gasteiger partial charge on any atom is -0.419 e. The predicted molar refractivity (Wildman–Crippen MR) is 77.7 cm³/mol. The van der Waals surface area contributed by atoms with E-state index < -0.39 is 44.5 Å². The van der Waals surface area contributed by atoms with Gasteiger partial charge in [-0.3, -0.25) is 20.2 Å². The Morgan fingerprint density at radius 3 is 1.88 bits per heavy atom. The number of esters is 2. The van der Waals surface area contributed by atoms with Gasteiger partial charge in [-0.1, -0.05) is 0 Å². The van der Waals surface area contributed by atoms with Crippen LogP contribution in [0.4, 0.5) is 17.1 Å². The molecule has 1 aromatic carbocycles. The van der Waals surface area contributed by atoms with E-state index in [0.29, 0.717) is 0 Å². The number of hydrogen-bond acceptors (Lipinski definition) is 9. The average Bonchev–Trinajstić information content (AvgIpc) is 2.44. The number of carbonyl (C=O) groups excluding carboxylic acids is 2. The Morgan fingerprint density at radius 1 is 1.00 bits per heavy atom. The molecular weight excluding hydrogens is 326 g/mol. The summed E-state index contributed by atoms with van der Waals surface area (Å²) in [7, 11) is 0. The van der Waals surface area contributed by atoms with E-state index in [4.69, 9.17) is 9.47 Å². The summed E-state index contributed by atoms with van der Waals surface area (Å²) in [6, 6.07) is 2.80. The van der Waals surface area contributed by atoms with Crippen molar-refractivity contribution in [2.45, 2.75) is 19.6 Å². The lowest BCUT2D eigenvalue weighted by Crippen LogP contribution is -2.42. The third kappa shape index (κ3) is 3.63. The number of nitro benzene ring substituents is 2. The largest absolute Gasteiger partial charge is 0.419 e. The maximum absolute atomic E-state index is 11.7. The van der Waals surface area contributed by atoms with Crippen LogP contribution in [0.3, 0.4) is 0 Å². The molecule has 0 atom stereocenters. The standard InChI is InChI=1S/C13H11N3O8/c1-13(2)23-11(17)10(12(18)24-13)6-14-7-3-8(15(19)20)5-9(4-7)16(21)22/h3-6,14H,1-2H3. The molecule has 0 bridgehead atoms. The van der Waals surface area contributed by atoms with Crippen LogP contribution >= 0.6 is 0 Å². The Morgan fingerprint density at radius 2 is 1.46 bits per heavy atom. The van der Waals surface area contributed by atoms with E-state index in [9.17, 15) is 29.8 Å². The van der Waals surface area contributed by atoms with Gasteiger partial charge in [0.25, 0.3) is 17.2 Å². The summed E-state index contributed by atoms with van der Waals surface area (Å²) < 4.78 is 9.72. The van der Waals surface area contributed by atoms with Gasteiger partial charge in [-0.15, -0.1) is 0 Å². The zero-order valence-electron chi connectivity index (χ0n) is 12.5. The molecule has 1 aromatic rings. The highest BCUT2D eigenvalue weighted by Crippen LogP contribution is 2.27. The van der Waals surface area contributed by atoms with Gasteiger partial charge in [-0.05, 0) is 0 Å². The number of nitrogens with one attached hydrogen (secondary N) is 1. The van der Waals surface area contributed by atoms with Gasteiger partial charge in [-0.25, -0.2) is 9.59 Å². The maximum atomic E-state index is 11.7. The van der Waals surface area contributed by atoms with Gasteiger partial charge in [-0.2, -0.15) is 0 Å². The number of non-ortho nitro benzene ring substituents is 2. The number of benzene rings is 1. The Balaban J connectivity index is 2.31. The van der Waals surface area contributed by atoms with E-state index in [-0.39, 0.29) is 5.69 Å². The highest BCUT2D eigenvalue weighted by molar-refractivity contribution is 6.15. The van der Waals surface area contributed by atoms with Crippen LogP contribution in [0.15, 0.2) is 30.0 Å². The van der Waals surface area contributed by atoms with Crippen LogP contribution in [0.5, 0.6) is 0 Å². The van der Waals surface area contributed by atoms with Crippen molar-refractivity contribution in [3.63, 3.8) is 0 Å². The molecule has 2 rings (SSSR count). The summed E-state index contributed by atoms with van der Waals surface area (Å²) in [5.41, 5.74) is -1.60. The molecule has 0 radical (unpaired) electrons. The first-order valence-corrected chi connectivity index (χ1v) is 6.46. The second-order valence-corrected chi connectivity index (χ2v) is 5.13. The second kappa shape index (κ2) is 5.95. The lowest BCUT2D eigenvalue weighted by atomic mass is 10.2. The fraction of sp³-hybridized carbons (Fsp3) is 0.231. The second-order valence-electron chi connectivity index (χ2n) is 5.13. The van der Waals surface area contributed by atoms with Crippen LogP contribution in [0.2, 0.25) is 0 Å². The lowest BCUT2D eigenvalue weighted by Gasteiger charge is -2.29. The molecule has 1 aliphatic rings. The van der Waals surface area contributed by atoms with Crippen molar-refractivity contribution in [1.82, 2.24) is 0 Å². The molecule has 1 aliphatic heterocycles. The van der Waals surface area contributed by atoms with E-state index in [1.54, 1.807) is 0 Å². The third-order valence-corrected chi connectivity index (χ3v) is 2.82. The number of carbonyl (C=O) groups is 2. The molecule has 126 valence electrons. The first kappa shape index (κ1) is 16.9. The Labute approximate surface area is 134 Å². The van der Waals surface area contributed by atoms with Crippen LogP contribution in [0.1, 0.15) is 13.8 Å². The van der Waals surface area contributed by atoms with Gasteiger partial charge in [0.05, 0.1) is 21.6 Å². The molecule has 1 heterocycles. The molecule has 0 aliphatic carbocycles. The number of hydrogen-bond donors (Lipinski definition) is 1. The van der Waals surface area contributed by atoms with Crippen molar-refractivity contribution in [2.75, 3.05) is 5.32 Å². The minimum absolute atomic E-state index is 0.0613. The zero-order chi connectivity index (χ0) is 18.1. The number of cyclic esters (lactones) is 2. The topological polar surface area (TPSA) is 151 Å². The SMILES string of the molecule is CC1(C)OC(=O)C(=CNc2cc([N+](=O)[O-])cc([N+](=O)[O-])c2)C(=O)O1. The van der Waals surface area contributed by atoms with Crippen LogP contribution < -0.4 is 5.32 Å². The van der Waals surface area contributed by atoms with E-state index in [0.717, 1.165) is 24.4 Å². The van der Waals surface area contributed by atoms with Crippen molar-refractivity contribution in [3.05, 3.63) is 50.2 Å². The van der Waals surface area contributed by atoms with Crippen molar-refractivity contribution in [1.29, 1.82) is 0 Å². The van der Waals surface area contributed by atoms with Gasteiger partial charge in [0.2, 0.25) is 0 Å². The van der Waals surface area contributed by atoms with Crippen molar-refractivity contribution in [3.8, 4) is 0 Å². The Kier molecular flexibility index (Phi) is 4.18. The molecule has 0 saturated carbocycles. The van der Waals surface area contributed by atoms with Crippen LogP contribution in [0.25, 0.3) is 0 Å². The molecule has 11 heteroatoms. The quantitative estimate of drug-likeness (QED) is 0.284. The normalized spacial score (nSPS) is 16.0. The fourth-order valence-electron chi connectivity index (χ4n) is 1.82. The molecule has 0 aromatic heterocycles. The van der Waals surface area contributed by atoms with Crippen molar-refractivity contribution in [2.24, 2.45) is 0 Å². The van der Waals surface area contributed by atoms with Crippen molar-refractivity contribution >= 4 is 29.0 Å². The van der Waals surface area contributed by atoms with Crippen LogP contribution in [0, 0.1) is 20.2 Å². The third-order valence-electron chi connectivity index (χ3n) is 2.82. The molecule has 11 nitrogen and oxygen atoms in total. The lowest BCUT2D eigenvalue weighted by molar-refractivity contribution is -0.394. The molecule has 1 N–H and O–H groups in total. The summed E-state index contributed by atoms with van der Waals surface area (Å²) in [5.74, 6) is -3.32. The van der Waals surface area contributed by atoms with Gasteiger partial charge in [0.15, 0.2) is 5.57 Å². The van der Waals surface area contributed by atoms with E-state index in [2.05, 4.69) is 5.32 Å². The smallest absolute Gasteiger partial charge is 0.350 e. The molecule has 0 unspecified atom stereocenters. The van der Waals surface area contributed by atoms with Crippen LogP contribution in [-0.4, -0.2) is 27.6 Å². The summed E-state index contributed by atoms with van der Waals surface area (Å²) in [4.78, 5) is 43.5. The number of nitro groups is 2. The first-order chi connectivity index (χ1) is 11.1. The number of nitrogens with zero attached hydrogens (tertiary/aromatic N) is 2. The number of rotatable bonds is 4. The van der Waals surface area contributed by atoms with E-state index >= 15 is 0 Å². The Bertz CT molecular complexity index is 729. The predicted octanol–water partition coefficient (Wildman–Crippen LogP) is 1.63. The van der Waals surface area contributed by atoms with E-state index in [1.807, 2.05) is 0 Å². The highest BCUT2D eigenvalue weighted by Gasteiger charge is 2.39. The molecule has 1 saturated heterocycles. The first-order valence-electron chi connectivity index (χ1n) is 6.46. The van der Waals surface area contributed by atoms with Gasteiger partial charge >= 0.3 is 11.9 Å². The monoisotopic (exact) mass is 337 g/mol. The van der Waals surface area contributed by atoms with Crippen molar-refractivity contribution < 1.29 is 28.9 Å². The van der Waals surface area contributed by atoms with Crippen LogP contribution in [-0.2, 0) is 19.1 Å². The average molecular weight is 337 g/mol. The zero-order valence-corrected chi connectivity index (χ0v) is 12.5. The number of anilines is 1. The minimum atomic E-state index is -1.41. The summed E-state index contributed by atoms with van der Waals surface area (Å²) in [6.07, 6.45) is 0.905. The summed E-state index contributed by atoms with van der Waals surface area (Å²) in [6.45, 7) is 2.74. The molecular formula is C13H11N3O8. The molecule has 1 fully saturated rings. The van der Waals surface area contributed by atoms with Gasteiger partial charge in [0, 0.05) is 32.2 Å². The molecule has 0 amide bonds. The van der Waals surface area contributed by atoms with Gasteiger partial charge < -0.3 is 14.8 Å². The Hall–Kier alpha value is -3.50. The fourth-order valence-corrected chi connectivity index (χ4v) is 1.82. The summed E-state index contributed by atoms with van der Waals surface area (Å²) in [5, 5.41) is 24.0.